The molecule has 0 saturated heterocycles. The molecule has 0 spiro atoms. The quantitative estimate of drug-likeness (QED) is 0.827. The van der Waals surface area contributed by atoms with Gasteiger partial charge in [-0.15, -0.1) is 0 Å². The lowest BCUT2D eigenvalue weighted by Crippen LogP contribution is -2.40. The molecule has 0 aliphatic heterocycles. The number of hydrogen-bond acceptors (Lipinski definition) is 3. The third-order valence-corrected chi connectivity index (χ3v) is 2.59. The third-order valence-electron chi connectivity index (χ3n) is 2.59. The highest BCUT2D eigenvalue weighted by Gasteiger charge is 2.33. The molecule has 1 aromatic rings. The summed E-state index contributed by atoms with van der Waals surface area (Å²) in [6.45, 7) is 5.79. The molecular formula is C13H18O4. The van der Waals surface area contributed by atoms with E-state index in [1.54, 1.807) is 38.1 Å². The van der Waals surface area contributed by atoms with Gasteiger partial charge in [0.15, 0.2) is 0 Å². The van der Waals surface area contributed by atoms with Gasteiger partial charge in [-0.3, -0.25) is 0 Å². The van der Waals surface area contributed by atoms with E-state index in [0.717, 1.165) is 0 Å². The van der Waals surface area contributed by atoms with Gasteiger partial charge < -0.3 is 14.6 Å². The van der Waals surface area contributed by atoms with Gasteiger partial charge in [-0.25, -0.2) is 4.79 Å². The Morgan fingerprint density at radius 3 is 2.53 bits per heavy atom. The summed E-state index contributed by atoms with van der Waals surface area (Å²) in [5.74, 6) is 0.207. The van der Waals surface area contributed by atoms with Crippen molar-refractivity contribution in [2.24, 2.45) is 0 Å². The van der Waals surface area contributed by atoms with E-state index in [0.29, 0.717) is 24.5 Å². The molecule has 0 heterocycles. The van der Waals surface area contributed by atoms with Crippen LogP contribution >= 0.6 is 0 Å². The first kappa shape index (κ1) is 13.4. The third kappa shape index (κ3) is 3.37. The first-order valence-corrected chi connectivity index (χ1v) is 5.67. The molecule has 0 radical (unpaired) electrons. The molecule has 0 aliphatic rings. The zero-order valence-corrected chi connectivity index (χ0v) is 10.4. The fraction of sp³-hybridized carbons (Fsp3) is 0.462. The highest BCUT2D eigenvalue weighted by atomic mass is 16.5. The van der Waals surface area contributed by atoms with Gasteiger partial charge in [0.1, 0.15) is 11.5 Å². The Hall–Kier alpha value is -1.71. The monoisotopic (exact) mass is 238 g/mol. The number of benzene rings is 1. The summed E-state index contributed by atoms with van der Waals surface area (Å²) in [5, 5.41) is 9.11. The summed E-state index contributed by atoms with van der Waals surface area (Å²) in [6.07, 6.45) is 0.390. The predicted molar refractivity (Wildman–Crippen MR) is 64.6 cm³/mol. The Labute approximate surface area is 101 Å². The lowest BCUT2D eigenvalue weighted by molar-refractivity contribution is -0.154. The smallest absolute Gasteiger partial charge is 0.347 e. The Kier molecular flexibility index (Phi) is 4.37. The van der Waals surface area contributed by atoms with Gasteiger partial charge in [0.2, 0.25) is 5.60 Å². The zero-order valence-electron chi connectivity index (χ0n) is 10.4. The molecule has 1 N–H and O–H groups in total. The van der Waals surface area contributed by atoms with E-state index in [4.69, 9.17) is 14.6 Å². The number of rotatable bonds is 6. The maximum Gasteiger partial charge on any atom is 0.347 e. The van der Waals surface area contributed by atoms with Crippen LogP contribution in [0.4, 0.5) is 0 Å². The van der Waals surface area contributed by atoms with Gasteiger partial charge in [0, 0.05) is 6.07 Å². The van der Waals surface area contributed by atoms with Crippen LogP contribution in [0.3, 0.4) is 0 Å². The zero-order chi connectivity index (χ0) is 12.9. The maximum atomic E-state index is 11.1. The molecule has 1 atom stereocenters. The molecule has 17 heavy (non-hydrogen) atoms. The number of aliphatic carboxylic acids is 1. The minimum atomic E-state index is -1.20. The summed E-state index contributed by atoms with van der Waals surface area (Å²) in [5.41, 5.74) is -1.20. The van der Waals surface area contributed by atoms with Crippen LogP contribution in [0.1, 0.15) is 27.2 Å². The Morgan fingerprint density at radius 1 is 1.35 bits per heavy atom. The number of hydrogen-bond donors (Lipinski definition) is 1. The number of ether oxygens (including phenoxy) is 2. The molecule has 1 rings (SSSR count). The largest absolute Gasteiger partial charge is 0.494 e. The summed E-state index contributed by atoms with van der Waals surface area (Å²) in [7, 11) is 0. The Balaban J connectivity index is 2.86. The topological polar surface area (TPSA) is 55.8 Å². The van der Waals surface area contributed by atoms with Crippen molar-refractivity contribution in [1.29, 1.82) is 0 Å². The van der Waals surface area contributed by atoms with Gasteiger partial charge >= 0.3 is 5.97 Å². The second-order valence-electron chi connectivity index (χ2n) is 3.90. The van der Waals surface area contributed by atoms with Crippen LogP contribution in [-0.2, 0) is 4.79 Å². The minimum Gasteiger partial charge on any atom is -0.494 e. The lowest BCUT2D eigenvalue weighted by Gasteiger charge is -2.25. The van der Waals surface area contributed by atoms with Crippen LogP contribution in [0.25, 0.3) is 0 Å². The molecule has 0 aromatic heterocycles. The Morgan fingerprint density at radius 2 is 2.00 bits per heavy atom. The molecule has 1 aromatic carbocycles. The van der Waals surface area contributed by atoms with Crippen LogP contribution in [0, 0.1) is 0 Å². The van der Waals surface area contributed by atoms with E-state index >= 15 is 0 Å². The van der Waals surface area contributed by atoms with Gasteiger partial charge in [-0.05, 0) is 32.4 Å². The maximum absolute atomic E-state index is 11.1. The molecule has 94 valence electrons. The van der Waals surface area contributed by atoms with Gasteiger partial charge in [0.25, 0.3) is 0 Å². The predicted octanol–water partition coefficient (Wildman–Crippen LogP) is 2.72. The van der Waals surface area contributed by atoms with Crippen molar-refractivity contribution >= 4 is 5.97 Å². The summed E-state index contributed by atoms with van der Waals surface area (Å²) in [4.78, 5) is 11.1. The van der Waals surface area contributed by atoms with Gasteiger partial charge in [-0.1, -0.05) is 13.0 Å². The van der Waals surface area contributed by atoms with Crippen molar-refractivity contribution in [3.05, 3.63) is 24.3 Å². The first-order valence-electron chi connectivity index (χ1n) is 5.67. The van der Waals surface area contributed by atoms with E-state index < -0.39 is 11.6 Å². The molecule has 0 amide bonds. The number of carboxylic acid groups (broad SMARTS) is 1. The van der Waals surface area contributed by atoms with E-state index in [9.17, 15) is 4.79 Å². The van der Waals surface area contributed by atoms with Crippen LogP contribution in [0.2, 0.25) is 0 Å². The second kappa shape index (κ2) is 5.57. The van der Waals surface area contributed by atoms with Crippen LogP contribution in [0.15, 0.2) is 24.3 Å². The number of carbonyl (C=O) groups is 1. The lowest BCUT2D eigenvalue weighted by atomic mass is 10.0. The van der Waals surface area contributed by atoms with Crippen molar-refractivity contribution in [2.75, 3.05) is 6.61 Å². The molecule has 4 heteroatoms. The molecule has 0 fully saturated rings. The normalized spacial score (nSPS) is 13.8. The van der Waals surface area contributed by atoms with Crippen molar-refractivity contribution < 1.29 is 19.4 Å². The van der Waals surface area contributed by atoms with Gasteiger partial charge in [-0.2, -0.15) is 0 Å². The molecule has 0 bridgehead atoms. The highest BCUT2D eigenvalue weighted by molar-refractivity contribution is 5.77. The summed E-state index contributed by atoms with van der Waals surface area (Å²) >= 11 is 0. The molecule has 1 unspecified atom stereocenters. The van der Waals surface area contributed by atoms with Crippen molar-refractivity contribution in [3.63, 3.8) is 0 Å². The number of carboxylic acids is 1. The molecular weight excluding hydrogens is 220 g/mol. The van der Waals surface area contributed by atoms with E-state index in [-0.39, 0.29) is 0 Å². The average Bonchev–Trinajstić information content (AvgIpc) is 2.29. The molecule has 0 saturated carbocycles. The van der Waals surface area contributed by atoms with Crippen molar-refractivity contribution in [2.45, 2.75) is 32.8 Å². The SMILES string of the molecule is CCOc1cccc(OC(C)(CC)C(=O)O)c1. The first-order chi connectivity index (χ1) is 8.01. The average molecular weight is 238 g/mol. The van der Waals surface area contributed by atoms with E-state index in [2.05, 4.69) is 0 Å². The fourth-order valence-electron chi connectivity index (χ4n) is 1.32. The minimum absolute atomic E-state index is 0.390. The summed E-state index contributed by atoms with van der Waals surface area (Å²) < 4.78 is 10.8. The second-order valence-corrected chi connectivity index (χ2v) is 3.90. The molecule has 4 nitrogen and oxygen atoms in total. The van der Waals surface area contributed by atoms with Crippen LogP contribution < -0.4 is 9.47 Å². The van der Waals surface area contributed by atoms with Gasteiger partial charge in [0.05, 0.1) is 6.61 Å². The van der Waals surface area contributed by atoms with Crippen LogP contribution in [0.5, 0.6) is 11.5 Å². The van der Waals surface area contributed by atoms with Crippen molar-refractivity contribution in [3.8, 4) is 11.5 Å². The van der Waals surface area contributed by atoms with E-state index in [1.807, 2.05) is 6.92 Å². The van der Waals surface area contributed by atoms with Crippen molar-refractivity contribution in [1.82, 2.24) is 0 Å². The fourth-order valence-corrected chi connectivity index (χ4v) is 1.32. The standard InChI is InChI=1S/C13H18O4/c1-4-13(3,12(14)15)17-11-8-6-7-10(9-11)16-5-2/h6-9H,4-5H2,1-3H3,(H,14,15). The van der Waals surface area contributed by atoms with Crippen LogP contribution in [-0.4, -0.2) is 23.3 Å². The van der Waals surface area contributed by atoms with E-state index in [1.165, 1.54) is 0 Å². The molecule has 0 aliphatic carbocycles. The highest BCUT2D eigenvalue weighted by Crippen LogP contribution is 2.25. The summed E-state index contributed by atoms with van der Waals surface area (Å²) in [6, 6.07) is 7.00. The Bertz CT molecular complexity index is 389.